The third kappa shape index (κ3) is 5.87. The Hall–Kier alpha value is -9.44. The molecule has 12 aromatic carbocycles. The van der Waals surface area contributed by atoms with Crippen molar-refractivity contribution >= 4 is 60.5 Å². The van der Waals surface area contributed by atoms with Gasteiger partial charge in [0.2, 0.25) is 0 Å². The van der Waals surface area contributed by atoms with Crippen molar-refractivity contribution in [2.24, 2.45) is 0 Å². The van der Waals surface area contributed by atoms with Gasteiger partial charge in [-0.15, -0.1) is 0 Å². The summed E-state index contributed by atoms with van der Waals surface area (Å²) in [6.07, 6.45) is 0. The average Bonchev–Trinajstić information content (AvgIpc) is 4.08. The molecule has 0 radical (unpaired) electrons. The van der Waals surface area contributed by atoms with E-state index in [-0.39, 0.29) is 5.41 Å². The van der Waals surface area contributed by atoms with E-state index in [0.29, 0.717) is 0 Å². The van der Waals surface area contributed by atoms with E-state index in [0.717, 1.165) is 88.7 Å². The lowest BCUT2D eigenvalue weighted by Gasteiger charge is -2.40. The van der Waals surface area contributed by atoms with E-state index in [1.54, 1.807) is 0 Å². The van der Waals surface area contributed by atoms with E-state index in [2.05, 4.69) is 255 Å². The van der Waals surface area contributed by atoms with Gasteiger partial charge < -0.3 is 14.1 Å². The second-order valence-corrected chi connectivity index (χ2v) is 21.1. The van der Waals surface area contributed by atoms with Gasteiger partial charge in [0.1, 0.15) is 22.7 Å². The summed E-state index contributed by atoms with van der Waals surface area (Å²) in [7, 11) is 0. The molecule has 1 aliphatic heterocycles. The van der Waals surface area contributed by atoms with E-state index in [1.165, 1.54) is 61.2 Å². The van der Waals surface area contributed by atoms with Crippen LogP contribution < -0.4 is 9.64 Å². The maximum atomic E-state index is 7.24. The highest BCUT2D eigenvalue weighted by atomic mass is 16.5. The molecule has 3 nitrogen and oxygen atoms in total. The van der Waals surface area contributed by atoms with Gasteiger partial charge in [0.25, 0.3) is 0 Å². The Labute approximate surface area is 435 Å². The molecule has 1 aromatic heterocycles. The summed E-state index contributed by atoms with van der Waals surface area (Å²) in [5, 5.41) is 6.82. The van der Waals surface area contributed by atoms with Crippen LogP contribution in [0.4, 0.5) is 17.1 Å². The first kappa shape index (κ1) is 42.1. The number of nitrogens with zero attached hydrogens (tertiary/aromatic N) is 1. The van der Waals surface area contributed by atoms with Crippen molar-refractivity contribution in [3.8, 4) is 56.0 Å². The lowest BCUT2D eigenvalue weighted by molar-refractivity contribution is 0.447. The van der Waals surface area contributed by atoms with E-state index in [4.69, 9.17) is 9.15 Å². The van der Waals surface area contributed by atoms with Crippen LogP contribution in [0, 0.1) is 0 Å². The minimum Gasteiger partial charge on any atom is -0.456 e. The Morgan fingerprint density at radius 3 is 1.57 bits per heavy atom. The van der Waals surface area contributed by atoms with Gasteiger partial charge in [-0.2, -0.15) is 0 Å². The molecule has 13 aromatic rings. The number of benzene rings is 12. The van der Waals surface area contributed by atoms with Gasteiger partial charge in [-0.25, -0.2) is 0 Å². The predicted molar refractivity (Wildman–Crippen MR) is 309 cm³/mol. The molecule has 352 valence electrons. The molecule has 3 aliphatic rings. The molecule has 0 atom stereocenters. The monoisotopic (exact) mass is 957 g/mol. The summed E-state index contributed by atoms with van der Waals surface area (Å²) in [6.45, 7) is 4.72. The van der Waals surface area contributed by atoms with E-state index in [1.807, 2.05) is 12.1 Å². The van der Waals surface area contributed by atoms with Crippen molar-refractivity contribution in [3.63, 3.8) is 0 Å². The molecule has 0 fully saturated rings. The maximum absolute atomic E-state index is 7.24. The first-order valence-corrected chi connectivity index (χ1v) is 26.1. The highest BCUT2D eigenvalue weighted by Gasteiger charge is 2.52. The molecule has 0 bridgehead atoms. The molecule has 0 saturated carbocycles. The van der Waals surface area contributed by atoms with Crippen LogP contribution in [-0.2, 0) is 10.8 Å². The second kappa shape index (κ2) is 15.5. The van der Waals surface area contributed by atoms with Crippen LogP contribution in [0.15, 0.2) is 253 Å². The zero-order valence-electron chi connectivity index (χ0n) is 41.4. The minimum atomic E-state index is -0.624. The molecule has 2 heterocycles. The molecule has 0 unspecified atom stereocenters. The number of hydrogen-bond donors (Lipinski definition) is 0. The molecule has 75 heavy (non-hydrogen) atoms. The van der Waals surface area contributed by atoms with Crippen molar-refractivity contribution in [3.05, 3.63) is 282 Å². The number of para-hydroxylation sites is 1. The van der Waals surface area contributed by atoms with Gasteiger partial charge in [0.15, 0.2) is 0 Å². The fraction of sp³-hybridized carbons (Fsp3) is 0.0556. The van der Waals surface area contributed by atoms with Gasteiger partial charge in [-0.1, -0.05) is 208 Å². The maximum Gasteiger partial charge on any atom is 0.140 e. The Kier molecular flexibility index (Phi) is 8.72. The van der Waals surface area contributed by atoms with Crippen LogP contribution >= 0.6 is 0 Å². The number of rotatable bonds is 5. The van der Waals surface area contributed by atoms with Crippen LogP contribution in [0.25, 0.3) is 88.0 Å². The molecule has 2 aliphatic carbocycles. The smallest absolute Gasteiger partial charge is 0.140 e. The molecular weight excluding hydrogens is 911 g/mol. The largest absolute Gasteiger partial charge is 0.456 e. The van der Waals surface area contributed by atoms with Crippen LogP contribution in [0.1, 0.15) is 47.2 Å². The minimum absolute atomic E-state index is 0.149. The standard InChI is InChI=1S/C72H47NO2/c1-71(2)60-22-10-7-18-55(60)56-38-37-51(43-65(56)71)73(49-33-26-44(27-34-49)48-32-41-67-59(42-48)57-19-9-12-25-66(57)74-67)50-35-28-47(29-36-50)52-21-13-24-62-68(52)58-20-8-11-23-61(58)72(62)63-39-30-45-14-3-5-16-53(45)69(63)75-70-54-17-6-4-15-46(54)31-40-64(70)72/h3-43H,1-2H3. The van der Waals surface area contributed by atoms with E-state index >= 15 is 0 Å². The van der Waals surface area contributed by atoms with Crippen LogP contribution in [0.2, 0.25) is 0 Å². The van der Waals surface area contributed by atoms with Gasteiger partial charge in [-0.3, -0.25) is 0 Å². The third-order valence-corrected chi connectivity index (χ3v) is 16.9. The SMILES string of the molecule is CC1(C)c2ccccc2-c2ccc(N(c3ccc(-c4ccc5oc6ccccc6c5c4)cc3)c3ccc(-c4cccc5c4-c4ccccc4C54c5ccc6ccccc6c5Oc5c4ccc4ccccc54)cc3)cc21. The van der Waals surface area contributed by atoms with Gasteiger partial charge in [0.05, 0.1) is 5.41 Å². The lowest BCUT2D eigenvalue weighted by atomic mass is 9.65. The Balaban J connectivity index is 0.853. The number of hydrogen-bond acceptors (Lipinski definition) is 3. The fourth-order valence-electron chi connectivity index (χ4n) is 13.5. The van der Waals surface area contributed by atoms with Crippen molar-refractivity contribution in [2.75, 3.05) is 4.90 Å². The zero-order chi connectivity index (χ0) is 49.6. The van der Waals surface area contributed by atoms with Gasteiger partial charge in [-0.05, 0) is 132 Å². The first-order valence-electron chi connectivity index (χ1n) is 26.1. The molecular formula is C72H47NO2. The van der Waals surface area contributed by atoms with Crippen molar-refractivity contribution in [2.45, 2.75) is 24.7 Å². The van der Waals surface area contributed by atoms with E-state index in [9.17, 15) is 0 Å². The zero-order valence-corrected chi connectivity index (χ0v) is 41.4. The second-order valence-electron chi connectivity index (χ2n) is 21.1. The number of anilines is 3. The van der Waals surface area contributed by atoms with Crippen LogP contribution in [0.5, 0.6) is 11.5 Å². The summed E-state index contributed by atoms with van der Waals surface area (Å²) < 4.78 is 13.4. The van der Waals surface area contributed by atoms with Crippen molar-refractivity contribution in [1.29, 1.82) is 0 Å². The van der Waals surface area contributed by atoms with Crippen molar-refractivity contribution < 1.29 is 9.15 Å². The highest BCUT2D eigenvalue weighted by Crippen LogP contribution is 2.65. The molecule has 3 heteroatoms. The summed E-state index contributed by atoms with van der Waals surface area (Å²) >= 11 is 0. The predicted octanol–water partition coefficient (Wildman–Crippen LogP) is 19.5. The lowest BCUT2D eigenvalue weighted by Crippen LogP contribution is -2.32. The Bertz CT molecular complexity index is 4450. The normalized spacial score (nSPS) is 14.1. The van der Waals surface area contributed by atoms with Gasteiger partial charge in [0, 0.05) is 55.1 Å². The van der Waals surface area contributed by atoms with Gasteiger partial charge >= 0.3 is 0 Å². The average molecular weight is 958 g/mol. The Morgan fingerprint density at radius 2 is 0.853 bits per heavy atom. The number of ether oxygens (including phenoxy) is 1. The fourth-order valence-corrected chi connectivity index (χ4v) is 13.5. The van der Waals surface area contributed by atoms with Crippen LogP contribution in [-0.4, -0.2) is 0 Å². The topological polar surface area (TPSA) is 25.6 Å². The summed E-state index contributed by atoms with van der Waals surface area (Å²) in [4.78, 5) is 2.42. The van der Waals surface area contributed by atoms with Crippen LogP contribution in [0.3, 0.4) is 0 Å². The van der Waals surface area contributed by atoms with Crippen molar-refractivity contribution in [1.82, 2.24) is 0 Å². The Morgan fingerprint density at radius 1 is 0.320 bits per heavy atom. The summed E-state index contributed by atoms with van der Waals surface area (Å²) in [5.41, 5.74) is 21.7. The first-order chi connectivity index (χ1) is 36.9. The molecule has 0 N–H and O–H groups in total. The summed E-state index contributed by atoms with van der Waals surface area (Å²) in [5.74, 6) is 1.85. The molecule has 0 amide bonds. The number of furan rings is 1. The highest BCUT2D eigenvalue weighted by molar-refractivity contribution is 6.07. The molecule has 0 saturated heterocycles. The summed E-state index contributed by atoms with van der Waals surface area (Å²) in [6, 6.07) is 91.5. The molecule has 1 spiro atoms. The number of fused-ring (bicyclic) bond motifs is 19. The molecule has 16 rings (SSSR count). The van der Waals surface area contributed by atoms with E-state index < -0.39 is 5.41 Å². The quantitative estimate of drug-likeness (QED) is 0.172. The third-order valence-electron chi connectivity index (χ3n) is 16.9.